The van der Waals surface area contributed by atoms with E-state index in [0.29, 0.717) is 17.9 Å². The van der Waals surface area contributed by atoms with Crippen LogP contribution in [0.2, 0.25) is 0 Å². The molecule has 0 radical (unpaired) electrons. The first kappa shape index (κ1) is 18.9. The molecule has 0 saturated carbocycles. The Morgan fingerprint density at radius 2 is 1.95 bits per heavy atom. The highest BCUT2D eigenvalue weighted by molar-refractivity contribution is 5.81. The summed E-state index contributed by atoms with van der Waals surface area (Å²) in [5.41, 5.74) is 0. The lowest BCUT2D eigenvalue weighted by Gasteiger charge is -2.39. The van der Waals surface area contributed by atoms with Gasteiger partial charge in [0, 0.05) is 32.6 Å². The van der Waals surface area contributed by atoms with Gasteiger partial charge in [-0.15, -0.1) is 0 Å². The number of piperidine rings is 1. The van der Waals surface area contributed by atoms with Crippen molar-refractivity contribution in [1.82, 2.24) is 15.5 Å². The second kappa shape index (κ2) is 9.13. The maximum absolute atomic E-state index is 12.1. The van der Waals surface area contributed by atoms with E-state index in [1.807, 2.05) is 11.8 Å². The topological polar surface area (TPSA) is 61.4 Å². The van der Waals surface area contributed by atoms with Gasteiger partial charge in [0.05, 0.1) is 6.04 Å². The fraction of sp³-hybridized carbons (Fsp3) is 0.882. The van der Waals surface area contributed by atoms with Crippen LogP contribution in [0.5, 0.6) is 0 Å². The fourth-order valence-electron chi connectivity index (χ4n) is 2.99. The predicted molar refractivity (Wildman–Crippen MR) is 89.5 cm³/mol. The Morgan fingerprint density at radius 3 is 2.50 bits per heavy atom. The minimum absolute atomic E-state index is 0.0736. The summed E-state index contributed by atoms with van der Waals surface area (Å²) in [6.45, 7) is 12.3. The third kappa shape index (κ3) is 5.95. The van der Waals surface area contributed by atoms with Crippen molar-refractivity contribution in [2.24, 2.45) is 11.8 Å². The zero-order chi connectivity index (χ0) is 16.7. The van der Waals surface area contributed by atoms with Gasteiger partial charge in [-0.25, -0.2) is 0 Å². The van der Waals surface area contributed by atoms with Crippen LogP contribution in [0.3, 0.4) is 0 Å². The normalized spacial score (nSPS) is 23.5. The van der Waals surface area contributed by atoms with Crippen LogP contribution in [0.25, 0.3) is 0 Å². The first-order valence-electron chi connectivity index (χ1n) is 8.64. The molecule has 2 amide bonds. The molecule has 2 N–H and O–H groups in total. The molecule has 0 unspecified atom stereocenters. The molecule has 1 fully saturated rings. The van der Waals surface area contributed by atoms with Crippen molar-refractivity contribution >= 4 is 11.8 Å². The maximum atomic E-state index is 12.1. The molecule has 0 aromatic heterocycles. The summed E-state index contributed by atoms with van der Waals surface area (Å²) < 4.78 is 0. The van der Waals surface area contributed by atoms with E-state index in [4.69, 9.17) is 0 Å². The number of hydrogen-bond acceptors (Lipinski definition) is 3. The second-order valence-electron chi connectivity index (χ2n) is 6.89. The van der Waals surface area contributed by atoms with Gasteiger partial charge in [-0.2, -0.15) is 0 Å². The van der Waals surface area contributed by atoms with Crippen LogP contribution in [0.1, 0.15) is 53.9 Å². The lowest BCUT2D eigenvalue weighted by molar-refractivity contribution is -0.131. The van der Waals surface area contributed by atoms with Gasteiger partial charge in [-0.05, 0) is 31.6 Å². The fourth-order valence-corrected chi connectivity index (χ4v) is 2.99. The summed E-state index contributed by atoms with van der Waals surface area (Å²) in [6, 6.07) is 0.126. The largest absolute Gasteiger partial charge is 0.355 e. The number of nitrogens with zero attached hydrogens (tertiary/aromatic N) is 1. The van der Waals surface area contributed by atoms with Crippen LogP contribution in [-0.2, 0) is 9.59 Å². The average molecular weight is 311 g/mol. The zero-order valence-corrected chi connectivity index (χ0v) is 14.8. The molecule has 0 spiro atoms. The Kier molecular flexibility index (Phi) is 7.87. The molecule has 0 bridgehead atoms. The number of hydrogen-bond donors (Lipinski definition) is 2. The lowest BCUT2D eigenvalue weighted by atomic mass is 9.89. The Labute approximate surface area is 135 Å². The van der Waals surface area contributed by atoms with E-state index in [1.54, 1.807) is 6.92 Å². The number of carbonyl (C=O) groups excluding carboxylic acids is 2. The van der Waals surface area contributed by atoms with Gasteiger partial charge in [0.2, 0.25) is 11.8 Å². The summed E-state index contributed by atoms with van der Waals surface area (Å²) in [5, 5.41) is 6.46. The molecule has 3 atom stereocenters. The first-order chi connectivity index (χ1) is 10.3. The number of carbonyl (C=O) groups is 2. The minimum Gasteiger partial charge on any atom is -0.355 e. The Hall–Kier alpha value is -1.10. The quantitative estimate of drug-likeness (QED) is 0.753. The van der Waals surface area contributed by atoms with E-state index in [2.05, 4.69) is 31.4 Å². The SMILES string of the molecule is CC[C@@H]1CN(C(C)=O)CC[C@H]1N[C@H](C)C(=O)NCCC(C)C. The molecule has 0 aliphatic carbocycles. The van der Waals surface area contributed by atoms with Crippen molar-refractivity contribution in [2.45, 2.75) is 66.0 Å². The number of nitrogens with one attached hydrogen (secondary N) is 2. The van der Waals surface area contributed by atoms with E-state index >= 15 is 0 Å². The van der Waals surface area contributed by atoms with Gasteiger partial charge < -0.3 is 15.5 Å². The number of rotatable bonds is 7. The molecular formula is C17H33N3O2. The van der Waals surface area contributed by atoms with Gasteiger partial charge in [-0.3, -0.25) is 9.59 Å². The number of amides is 2. The van der Waals surface area contributed by atoms with E-state index in [-0.39, 0.29) is 17.9 Å². The van der Waals surface area contributed by atoms with Crippen molar-refractivity contribution in [2.75, 3.05) is 19.6 Å². The van der Waals surface area contributed by atoms with Crippen LogP contribution in [-0.4, -0.2) is 48.4 Å². The van der Waals surface area contributed by atoms with Crippen molar-refractivity contribution in [1.29, 1.82) is 0 Å². The Morgan fingerprint density at radius 1 is 1.27 bits per heavy atom. The predicted octanol–water partition coefficient (Wildman–Crippen LogP) is 1.77. The van der Waals surface area contributed by atoms with Crippen LogP contribution >= 0.6 is 0 Å². The molecule has 5 heteroatoms. The summed E-state index contributed by atoms with van der Waals surface area (Å²) in [7, 11) is 0. The maximum Gasteiger partial charge on any atom is 0.236 e. The van der Waals surface area contributed by atoms with Crippen molar-refractivity contribution in [3.8, 4) is 0 Å². The lowest BCUT2D eigenvalue weighted by Crippen LogP contribution is -2.55. The molecule has 1 aliphatic heterocycles. The molecule has 0 aromatic rings. The smallest absolute Gasteiger partial charge is 0.236 e. The van der Waals surface area contributed by atoms with Crippen molar-refractivity contribution < 1.29 is 9.59 Å². The van der Waals surface area contributed by atoms with Crippen molar-refractivity contribution in [3.05, 3.63) is 0 Å². The molecule has 1 saturated heterocycles. The highest BCUT2D eigenvalue weighted by atomic mass is 16.2. The highest BCUT2D eigenvalue weighted by Gasteiger charge is 2.30. The minimum atomic E-state index is -0.185. The highest BCUT2D eigenvalue weighted by Crippen LogP contribution is 2.20. The van der Waals surface area contributed by atoms with Crippen LogP contribution < -0.4 is 10.6 Å². The van der Waals surface area contributed by atoms with E-state index < -0.39 is 0 Å². The molecule has 5 nitrogen and oxygen atoms in total. The van der Waals surface area contributed by atoms with Crippen LogP contribution in [0.4, 0.5) is 0 Å². The van der Waals surface area contributed by atoms with Gasteiger partial charge in [0.1, 0.15) is 0 Å². The summed E-state index contributed by atoms with van der Waals surface area (Å²) in [4.78, 5) is 25.6. The Balaban J connectivity index is 2.44. The van der Waals surface area contributed by atoms with Gasteiger partial charge in [0.15, 0.2) is 0 Å². The van der Waals surface area contributed by atoms with Crippen LogP contribution in [0.15, 0.2) is 0 Å². The molecule has 1 aliphatic rings. The third-order valence-electron chi connectivity index (χ3n) is 4.58. The molecule has 0 aromatic carbocycles. The first-order valence-corrected chi connectivity index (χ1v) is 8.64. The van der Waals surface area contributed by atoms with Gasteiger partial charge in [0.25, 0.3) is 0 Å². The molecule has 1 rings (SSSR count). The van der Waals surface area contributed by atoms with Crippen LogP contribution in [0, 0.1) is 11.8 Å². The van der Waals surface area contributed by atoms with Crippen molar-refractivity contribution in [3.63, 3.8) is 0 Å². The molecule has 22 heavy (non-hydrogen) atoms. The van der Waals surface area contributed by atoms with Gasteiger partial charge >= 0.3 is 0 Å². The second-order valence-corrected chi connectivity index (χ2v) is 6.89. The van der Waals surface area contributed by atoms with Gasteiger partial charge in [-0.1, -0.05) is 27.2 Å². The number of likely N-dealkylation sites (tertiary alicyclic amines) is 1. The van der Waals surface area contributed by atoms with E-state index in [9.17, 15) is 9.59 Å². The molecule has 128 valence electrons. The van der Waals surface area contributed by atoms with E-state index in [0.717, 1.165) is 38.9 Å². The monoisotopic (exact) mass is 311 g/mol. The summed E-state index contributed by atoms with van der Waals surface area (Å²) in [5.74, 6) is 1.24. The summed E-state index contributed by atoms with van der Waals surface area (Å²) >= 11 is 0. The molecular weight excluding hydrogens is 278 g/mol. The zero-order valence-electron chi connectivity index (χ0n) is 14.8. The molecule has 1 heterocycles. The van der Waals surface area contributed by atoms with E-state index in [1.165, 1.54) is 0 Å². The Bertz CT molecular complexity index is 371. The standard InChI is InChI=1S/C17H33N3O2/c1-6-15-11-20(14(5)21)10-8-16(15)19-13(4)17(22)18-9-7-12(2)3/h12-13,15-16,19H,6-11H2,1-5H3,(H,18,22)/t13-,15-,16-/m1/s1. The third-order valence-corrected chi connectivity index (χ3v) is 4.58. The average Bonchev–Trinajstić information content (AvgIpc) is 2.46. The summed E-state index contributed by atoms with van der Waals surface area (Å²) in [6.07, 6.45) is 2.94.